The summed E-state index contributed by atoms with van der Waals surface area (Å²) in [5.41, 5.74) is 4.46. The molecule has 0 heterocycles. The van der Waals surface area contributed by atoms with Crippen molar-refractivity contribution in [3.05, 3.63) is 41.0 Å². The first kappa shape index (κ1) is 10.5. The van der Waals surface area contributed by atoms with Gasteiger partial charge < -0.3 is 0 Å². The summed E-state index contributed by atoms with van der Waals surface area (Å²) in [6.07, 6.45) is 12.3. The average Bonchev–Trinajstić information content (AvgIpc) is 2.71. The average molecular weight is 200 g/mol. The van der Waals surface area contributed by atoms with Gasteiger partial charge in [-0.1, -0.05) is 56.5 Å². The Morgan fingerprint density at radius 1 is 1.13 bits per heavy atom. The number of allylic oxidation sites excluding steroid dienone is 1. The smallest absolute Gasteiger partial charge is 0.00881 e. The van der Waals surface area contributed by atoms with Gasteiger partial charge in [0.05, 0.1) is 0 Å². The summed E-state index contributed by atoms with van der Waals surface area (Å²) in [6.45, 7) is 2.26. The molecule has 0 aromatic heterocycles. The van der Waals surface area contributed by atoms with E-state index in [1.165, 1.54) is 48.8 Å². The molecule has 2 rings (SSSR count). The Hall–Kier alpha value is -1.04. The molecule has 0 atom stereocenters. The Bertz CT molecular complexity index is 347. The summed E-state index contributed by atoms with van der Waals surface area (Å²) in [4.78, 5) is 0. The Labute approximate surface area is 93.0 Å². The summed E-state index contributed by atoms with van der Waals surface area (Å²) in [7, 11) is 0. The number of benzene rings is 1. The second kappa shape index (κ2) is 5.16. The van der Waals surface area contributed by atoms with Gasteiger partial charge in [-0.05, 0) is 36.0 Å². The molecule has 0 aliphatic heterocycles. The predicted molar refractivity (Wildman–Crippen MR) is 67.0 cm³/mol. The van der Waals surface area contributed by atoms with Gasteiger partial charge in [-0.3, -0.25) is 0 Å². The molecular formula is C15H20. The molecule has 0 nitrogen and oxygen atoms in total. The van der Waals surface area contributed by atoms with Crippen molar-refractivity contribution < 1.29 is 0 Å². The Morgan fingerprint density at radius 3 is 2.93 bits per heavy atom. The van der Waals surface area contributed by atoms with Crippen molar-refractivity contribution in [3.8, 4) is 0 Å². The van der Waals surface area contributed by atoms with Gasteiger partial charge in [-0.15, -0.1) is 0 Å². The van der Waals surface area contributed by atoms with Crippen molar-refractivity contribution in [2.75, 3.05) is 0 Å². The van der Waals surface area contributed by atoms with E-state index in [-0.39, 0.29) is 0 Å². The van der Waals surface area contributed by atoms with Crippen molar-refractivity contribution in [2.24, 2.45) is 0 Å². The second-order valence-corrected chi connectivity index (χ2v) is 4.45. The molecular weight excluding hydrogens is 180 g/mol. The number of fused-ring (bicyclic) bond motifs is 1. The Kier molecular flexibility index (Phi) is 3.60. The van der Waals surface area contributed by atoms with Gasteiger partial charge in [-0.2, -0.15) is 0 Å². The number of hydrogen-bond acceptors (Lipinski definition) is 0. The van der Waals surface area contributed by atoms with E-state index in [1.807, 2.05) is 0 Å². The highest BCUT2D eigenvalue weighted by atomic mass is 14.1. The maximum atomic E-state index is 2.39. The van der Waals surface area contributed by atoms with Crippen LogP contribution in [0.5, 0.6) is 0 Å². The van der Waals surface area contributed by atoms with E-state index >= 15 is 0 Å². The molecule has 0 radical (unpaired) electrons. The summed E-state index contributed by atoms with van der Waals surface area (Å²) in [5.74, 6) is 0. The third-order valence-electron chi connectivity index (χ3n) is 3.16. The van der Waals surface area contributed by atoms with Crippen LogP contribution >= 0.6 is 0 Å². The lowest BCUT2D eigenvalue weighted by atomic mass is 10.0. The minimum absolute atomic E-state index is 1.14. The van der Waals surface area contributed by atoms with Crippen LogP contribution in [0.25, 0.3) is 6.08 Å². The standard InChI is InChI=1S/C15H20/c1-2-3-4-5-7-13-10-11-14-8-6-9-15(14)12-13/h6,8,10-12H,2-5,7,9H2,1H3. The van der Waals surface area contributed by atoms with E-state index in [1.54, 1.807) is 0 Å². The lowest BCUT2D eigenvalue weighted by Crippen LogP contribution is -1.89. The van der Waals surface area contributed by atoms with Crippen LogP contribution in [-0.4, -0.2) is 0 Å². The highest BCUT2D eigenvalue weighted by molar-refractivity contribution is 5.60. The third kappa shape index (κ3) is 2.71. The molecule has 0 unspecified atom stereocenters. The molecule has 0 amide bonds. The quantitative estimate of drug-likeness (QED) is 0.619. The molecule has 1 aliphatic carbocycles. The molecule has 1 aromatic rings. The fourth-order valence-electron chi connectivity index (χ4n) is 2.22. The first-order chi connectivity index (χ1) is 7.40. The topological polar surface area (TPSA) is 0 Å². The van der Waals surface area contributed by atoms with Gasteiger partial charge in [0, 0.05) is 0 Å². The monoisotopic (exact) mass is 200 g/mol. The molecule has 15 heavy (non-hydrogen) atoms. The third-order valence-corrected chi connectivity index (χ3v) is 3.16. The number of aryl methyl sites for hydroxylation is 1. The minimum Gasteiger partial charge on any atom is -0.0795 e. The molecule has 1 aromatic carbocycles. The number of hydrogen-bond donors (Lipinski definition) is 0. The molecule has 80 valence electrons. The Balaban J connectivity index is 1.88. The van der Waals surface area contributed by atoms with E-state index in [2.05, 4.69) is 37.3 Å². The van der Waals surface area contributed by atoms with Crippen LogP contribution in [-0.2, 0) is 12.8 Å². The zero-order valence-electron chi connectivity index (χ0n) is 9.63. The van der Waals surface area contributed by atoms with E-state index in [4.69, 9.17) is 0 Å². The maximum Gasteiger partial charge on any atom is -0.00881 e. The van der Waals surface area contributed by atoms with Gasteiger partial charge in [0.2, 0.25) is 0 Å². The van der Waals surface area contributed by atoms with Gasteiger partial charge in [0.15, 0.2) is 0 Å². The zero-order valence-corrected chi connectivity index (χ0v) is 9.63. The van der Waals surface area contributed by atoms with Crippen molar-refractivity contribution >= 4 is 6.08 Å². The van der Waals surface area contributed by atoms with Crippen molar-refractivity contribution in [1.82, 2.24) is 0 Å². The molecule has 0 N–H and O–H groups in total. The van der Waals surface area contributed by atoms with Gasteiger partial charge >= 0.3 is 0 Å². The minimum atomic E-state index is 1.14. The van der Waals surface area contributed by atoms with Crippen LogP contribution in [0.2, 0.25) is 0 Å². The van der Waals surface area contributed by atoms with E-state index < -0.39 is 0 Å². The highest BCUT2D eigenvalue weighted by Crippen LogP contribution is 2.21. The number of rotatable bonds is 5. The van der Waals surface area contributed by atoms with Crippen molar-refractivity contribution in [2.45, 2.75) is 45.4 Å². The summed E-state index contributed by atoms with van der Waals surface area (Å²) < 4.78 is 0. The summed E-state index contributed by atoms with van der Waals surface area (Å²) >= 11 is 0. The highest BCUT2D eigenvalue weighted by Gasteiger charge is 2.04. The van der Waals surface area contributed by atoms with Crippen LogP contribution in [0.3, 0.4) is 0 Å². The van der Waals surface area contributed by atoms with Crippen molar-refractivity contribution in [1.29, 1.82) is 0 Å². The molecule has 0 spiro atoms. The Morgan fingerprint density at radius 2 is 2.07 bits per heavy atom. The predicted octanol–water partition coefficient (Wildman–Crippen LogP) is 4.38. The number of unbranched alkanes of at least 4 members (excludes halogenated alkanes) is 3. The van der Waals surface area contributed by atoms with E-state index in [0.29, 0.717) is 0 Å². The van der Waals surface area contributed by atoms with Crippen molar-refractivity contribution in [3.63, 3.8) is 0 Å². The molecule has 0 saturated heterocycles. The second-order valence-electron chi connectivity index (χ2n) is 4.45. The molecule has 0 saturated carbocycles. The van der Waals surface area contributed by atoms with Gasteiger partial charge in [0.1, 0.15) is 0 Å². The lowest BCUT2D eigenvalue weighted by Gasteiger charge is -2.04. The zero-order chi connectivity index (χ0) is 10.5. The van der Waals surface area contributed by atoms with Crippen LogP contribution in [0.15, 0.2) is 24.3 Å². The first-order valence-corrected chi connectivity index (χ1v) is 6.18. The van der Waals surface area contributed by atoms with Crippen LogP contribution in [0, 0.1) is 0 Å². The van der Waals surface area contributed by atoms with E-state index in [9.17, 15) is 0 Å². The maximum absolute atomic E-state index is 2.39. The largest absolute Gasteiger partial charge is 0.0795 e. The van der Waals surface area contributed by atoms with Gasteiger partial charge in [-0.25, -0.2) is 0 Å². The normalized spacial score (nSPS) is 13.1. The summed E-state index contributed by atoms with van der Waals surface area (Å²) in [5, 5.41) is 0. The molecule has 0 heteroatoms. The SMILES string of the molecule is CCCCCCc1ccc2c(c1)CC=C2. The molecule has 0 fully saturated rings. The lowest BCUT2D eigenvalue weighted by molar-refractivity contribution is 0.666. The summed E-state index contributed by atoms with van der Waals surface area (Å²) in [6, 6.07) is 6.95. The molecule has 1 aliphatic rings. The fourth-order valence-corrected chi connectivity index (χ4v) is 2.22. The van der Waals surface area contributed by atoms with Crippen LogP contribution in [0.4, 0.5) is 0 Å². The van der Waals surface area contributed by atoms with E-state index in [0.717, 1.165) is 6.42 Å². The van der Waals surface area contributed by atoms with Gasteiger partial charge in [0.25, 0.3) is 0 Å². The molecule has 0 bridgehead atoms. The van der Waals surface area contributed by atoms with Crippen LogP contribution in [0.1, 0.15) is 49.3 Å². The van der Waals surface area contributed by atoms with Crippen LogP contribution < -0.4 is 0 Å². The fraction of sp³-hybridized carbons (Fsp3) is 0.467. The first-order valence-electron chi connectivity index (χ1n) is 6.18.